The summed E-state index contributed by atoms with van der Waals surface area (Å²) in [6.45, 7) is 3.11. The number of nitrogens with two attached hydrogens (primary N) is 1. The molecule has 5 nitrogen and oxygen atoms in total. The fraction of sp³-hybridized carbons (Fsp3) is 0.571. The maximum Gasteiger partial charge on any atom is 0.510 e. The number of nitrogen functional groups attached to an aromatic ring is 1. The Labute approximate surface area is 89.8 Å². The normalized spacial score (nSPS) is 12.2. The van der Waals surface area contributed by atoms with E-state index in [4.69, 9.17) is 15.8 Å². The topological polar surface area (TPSA) is 84.3 Å². The number of halogens is 3. The standard InChI is InChI=1S/C7H11BF3N3O2/c1-3(2)14-6(8(15)16)4(12)5(13-14)7(9,10)11/h3,15-16H,12H2,1-2H3. The van der Waals surface area contributed by atoms with E-state index in [1.54, 1.807) is 13.8 Å². The van der Waals surface area contributed by atoms with Crippen LogP contribution < -0.4 is 11.3 Å². The third kappa shape index (κ3) is 2.14. The van der Waals surface area contributed by atoms with Gasteiger partial charge in [0.15, 0.2) is 5.69 Å². The molecule has 0 unspecified atom stereocenters. The third-order valence-electron chi connectivity index (χ3n) is 1.99. The number of anilines is 1. The molecule has 0 aliphatic carbocycles. The van der Waals surface area contributed by atoms with Crippen LogP contribution in [0.3, 0.4) is 0 Å². The van der Waals surface area contributed by atoms with Gasteiger partial charge in [-0.25, -0.2) is 0 Å². The Kier molecular flexibility index (Phi) is 3.20. The van der Waals surface area contributed by atoms with Gasteiger partial charge < -0.3 is 15.8 Å². The summed E-state index contributed by atoms with van der Waals surface area (Å²) < 4.78 is 38.2. The summed E-state index contributed by atoms with van der Waals surface area (Å²) in [5.74, 6) is 0. The van der Waals surface area contributed by atoms with Gasteiger partial charge in [-0.2, -0.15) is 18.3 Å². The van der Waals surface area contributed by atoms with Crippen LogP contribution in [-0.4, -0.2) is 26.9 Å². The van der Waals surface area contributed by atoms with Crippen molar-refractivity contribution in [3.05, 3.63) is 5.69 Å². The number of aromatic nitrogens is 2. The van der Waals surface area contributed by atoms with Crippen molar-refractivity contribution >= 4 is 18.4 Å². The zero-order chi connectivity index (χ0) is 12.7. The lowest BCUT2D eigenvalue weighted by Gasteiger charge is -2.10. The molecule has 0 bridgehead atoms. The minimum atomic E-state index is -4.71. The molecule has 0 saturated carbocycles. The van der Waals surface area contributed by atoms with E-state index in [9.17, 15) is 13.2 Å². The fourth-order valence-corrected chi connectivity index (χ4v) is 1.32. The van der Waals surface area contributed by atoms with Crippen LogP contribution in [0.1, 0.15) is 25.6 Å². The van der Waals surface area contributed by atoms with Crippen molar-refractivity contribution in [1.29, 1.82) is 0 Å². The van der Waals surface area contributed by atoms with Crippen LogP contribution in [0, 0.1) is 0 Å². The maximum atomic E-state index is 12.4. The Morgan fingerprint density at radius 3 is 2.12 bits per heavy atom. The van der Waals surface area contributed by atoms with E-state index in [-0.39, 0.29) is 0 Å². The minimum absolute atomic E-state index is 0.442. The molecule has 4 N–H and O–H groups in total. The molecule has 0 atom stereocenters. The largest absolute Gasteiger partial charge is 0.510 e. The number of rotatable bonds is 2. The van der Waals surface area contributed by atoms with Gasteiger partial charge in [-0.3, -0.25) is 4.68 Å². The summed E-state index contributed by atoms with van der Waals surface area (Å²) in [6, 6.07) is -0.463. The SMILES string of the molecule is CC(C)n1nc(C(F)(F)F)c(N)c1B(O)O. The van der Waals surface area contributed by atoms with E-state index in [0.29, 0.717) is 0 Å². The molecule has 9 heteroatoms. The molecular weight excluding hydrogens is 226 g/mol. The highest BCUT2D eigenvalue weighted by atomic mass is 19.4. The molecule has 1 heterocycles. The number of hydrogen-bond acceptors (Lipinski definition) is 4. The lowest BCUT2D eigenvalue weighted by molar-refractivity contribution is -0.140. The molecule has 0 saturated heterocycles. The van der Waals surface area contributed by atoms with Gasteiger partial charge in [0.1, 0.15) is 0 Å². The van der Waals surface area contributed by atoms with Crippen LogP contribution in [0.5, 0.6) is 0 Å². The van der Waals surface area contributed by atoms with Crippen molar-refractivity contribution in [2.75, 3.05) is 5.73 Å². The monoisotopic (exact) mass is 237 g/mol. The van der Waals surface area contributed by atoms with Crippen molar-refractivity contribution in [2.45, 2.75) is 26.1 Å². The summed E-state index contributed by atoms with van der Waals surface area (Å²) in [5, 5.41) is 21.2. The summed E-state index contributed by atoms with van der Waals surface area (Å²) >= 11 is 0. The molecule has 90 valence electrons. The van der Waals surface area contributed by atoms with E-state index in [1.165, 1.54) is 0 Å². The lowest BCUT2D eigenvalue weighted by Crippen LogP contribution is -2.39. The van der Waals surface area contributed by atoms with Gasteiger partial charge >= 0.3 is 13.3 Å². The van der Waals surface area contributed by atoms with Gasteiger partial charge in [-0.1, -0.05) is 0 Å². The smallest absolute Gasteiger partial charge is 0.422 e. The first-order valence-electron chi connectivity index (χ1n) is 4.47. The van der Waals surface area contributed by atoms with Gasteiger partial charge in [0.25, 0.3) is 0 Å². The Morgan fingerprint density at radius 2 is 1.88 bits per heavy atom. The summed E-state index contributed by atoms with van der Waals surface area (Å²) in [7, 11) is -2.09. The Balaban J connectivity index is 3.42. The Bertz CT molecular complexity index is 389. The molecule has 1 aromatic rings. The van der Waals surface area contributed by atoms with Crippen molar-refractivity contribution in [3.63, 3.8) is 0 Å². The molecular formula is C7H11BF3N3O2. The average molecular weight is 237 g/mol. The van der Waals surface area contributed by atoms with Crippen molar-refractivity contribution in [2.24, 2.45) is 0 Å². The van der Waals surface area contributed by atoms with Crippen LogP contribution >= 0.6 is 0 Å². The molecule has 0 fully saturated rings. The second-order valence-corrected chi connectivity index (χ2v) is 3.56. The fourth-order valence-electron chi connectivity index (χ4n) is 1.32. The first kappa shape index (κ1) is 12.9. The molecule has 0 amide bonds. The highest BCUT2D eigenvalue weighted by molar-refractivity contribution is 6.59. The van der Waals surface area contributed by atoms with Gasteiger partial charge in [0.2, 0.25) is 0 Å². The zero-order valence-electron chi connectivity index (χ0n) is 8.65. The van der Waals surface area contributed by atoms with E-state index < -0.39 is 36.3 Å². The first-order chi connectivity index (χ1) is 7.16. The number of alkyl halides is 3. The number of nitrogens with zero attached hydrogens (tertiary/aromatic N) is 2. The van der Waals surface area contributed by atoms with Gasteiger partial charge in [-0.15, -0.1) is 0 Å². The zero-order valence-corrected chi connectivity index (χ0v) is 8.65. The van der Waals surface area contributed by atoms with Crippen LogP contribution in [0.4, 0.5) is 18.9 Å². The molecule has 1 rings (SSSR count). The third-order valence-corrected chi connectivity index (χ3v) is 1.99. The minimum Gasteiger partial charge on any atom is -0.422 e. The van der Waals surface area contributed by atoms with Crippen LogP contribution in [0.25, 0.3) is 0 Å². The second kappa shape index (κ2) is 3.98. The van der Waals surface area contributed by atoms with E-state index in [2.05, 4.69) is 5.10 Å². The highest BCUT2D eigenvalue weighted by Crippen LogP contribution is 2.31. The predicted molar refractivity (Wildman–Crippen MR) is 51.9 cm³/mol. The lowest BCUT2D eigenvalue weighted by atomic mass is 9.84. The molecule has 0 radical (unpaired) electrons. The van der Waals surface area contributed by atoms with Crippen LogP contribution in [0.15, 0.2) is 0 Å². The second-order valence-electron chi connectivity index (χ2n) is 3.56. The summed E-state index contributed by atoms with van der Waals surface area (Å²) in [4.78, 5) is 0. The highest BCUT2D eigenvalue weighted by Gasteiger charge is 2.40. The molecule has 1 aromatic heterocycles. The predicted octanol–water partition coefficient (Wildman–Crippen LogP) is -0.255. The average Bonchev–Trinajstić information content (AvgIpc) is 2.41. The summed E-state index contributed by atoms with van der Waals surface area (Å²) in [5.41, 5.74) is 2.71. The Morgan fingerprint density at radius 1 is 1.38 bits per heavy atom. The van der Waals surface area contributed by atoms with Crippen molar-refractivity contribution in [1.82, 2.24) is 9.78 Å². The number of hydrogen-bond donors (Lipinski definition) is 3. The van der Waals surface area contributed by atoms with E-state index in [1.807, 2.05) is 0 Å². The van der Waals surface area contributed by atoms with Crippen molar-refractivity contribution < 1.29 is 23.2 Å². The maximum absolute atomic E-state index is 12.4. The van der Waals surface area contributed by atoms with E-state index >= 15 is 0 Å². The Hall–Kier alpha value is -1.22. The van der Waals surface area contributed by atoms with Gasteiger partial charge in [-0.05, 0) is 13.8 Å². The molecule has 0 aliphatic rings. The van der Waals surface area contributed by atoms with Crippen molar-refractivity contribution in [3.8, 4) is 0 Å². The van der Waals surface area contributed by atoms with Gasteiger partial charge in [0, 0.05) is 6.04 Å². The molecule has 0 spiro atoms. The van der Waals surface area contributed by atoms with Gasteiger partial charge in [0.05, 0.1) is 11.3 Å². The van der Waals surface area contributed by atoms with Crippen LogP contribution in [0.2, 0.25) is 0 Å². The molecule has 16 heavy (non-hydrogen) atoms. The van der Waals surface area contributed by atoms with E-state index in [0.717, 1.165) is 4.68 Å². The molecule has 0 aliphatic heterocycles. The van der Waals surface area contributed by atoms with Crippen LogP contribution in [-0.2, 0) is 6.18 Å². The summed E-state index contributed by atoms with van der Waals surface area (Å²) in [6.07, 6.45) is -4.71. The quantitative estimate of drug-likeness (QED) is 0.619. The molecule has 0 aromatic carbocycles. The first-order valence-corrected chi connectivity index (χ1v) is 4.47.